The average molecular weight is 359 g/mol. The van der Waals surface area contributed by atoms with Gasteiger partial charge in [0.1, 0.15) is 0 Å². The van der Waals surface area contributed by atoms with E-state index in [1.54, 1.807) is 12.1 Å². The molecular formula is C16H19ClO7. The minimum Gasteiger partial charge on any atom is -0.479 e. The van der Waals surface area contributed by atoms with Crippen LogP contribution >= 0.6 is 11.6 Å². The van der Waals surface area contributed by atoms with Crippen molar-refractivity contribution in [3.05, 3.63) is 34.9 Å². The summed E-state index contributed by atoms with van der Waals surface area (Å²) >= 11 is 5.73. The fourth-order valence-corrected chi connectivity index (χ4v) is 1.72. The van der Waals surface area contributed by atoms with Gasteiger partial charge in [0.2, 0.25) is 5.78 Å². The van der Waals surface area contributed by atoms with Gasteiger partial charge in [0.15, 0.2) is 11.4 Å². The van der Waals surface area contributed by atoms with Crippen molar-refractivity contribution >= 4 is 35.1 Å². The van der Waals surface area contributed by atoms with Gasteiger partial charge in [-0.2, -0.15) is 0 Å². The number of ketones is 2. The number of aliphatic hydroxyl groups is 1. The maximum atomic E-state index is 11.8. The third-order valence-corrected chi connectivity index (χ3v) is 3.38. The Bertz CT molecular complexity index is 627. The molecule has 1 unspecified atom stereocenters. The molecule has 7 nitrogen and oxygen atoms in total. The van der Waals surface area contributed by atoms with Gasteiger partial charge < -0.3 is 15.3 Å². The maximum absolute atomic E-state index is 11.8. The quantitative estimate of drug-likeness (QED) is 0.503. The predicted octanol–water partition coefficient (Wildman–Crippen LogP) is 2.19. The standard InChI is InChI=1S/C12H13ClO4.C4H6O3/c1-2-12(17,11(15)16)7-10(14)8-4-3-5-9(13)6-8;1-2-3(5)4(6)7/h3-6,17H,2,7H2,1H3,(H,15,16);2H2,1H3,(H,6,7). The highest BCUT2D eigenvalue weighted by molar-refractivity contribution is 6.32. The van der Waals surface area contributed by atoms with Crippen LogP contribution in [0.15, 0.2) is 24.3 Å². The topological polar surface area (TPSA) is 129 Å². The first kappa shape index (κ1) is 21.8. The second kappa shape index (κ2) is 9.79. The molecule has 24 heavy (non-hydrogen) atoms. The molecule has 0 fully saturated rings. The van der Waals surface area contributed by atoms with Crippen molar-refractivity contribution in [3.63, 3.8) is 0 Å². The number of hydrogen-bond acceptors (Lipinski definition) is 5. The lowest BCUT2D eigenvalue weighted by Crippen LogP contribution is -2.40. The first-order valence-corrected chi connectivity index (χ1v) is 7.45. The molecule has 1 aromatic carbocycles. The van der Waals surface area contributed by atoms with Crippen LogP contribution in [0.3, 0.4) is 0 Å². The third kappa shape index (κ3) is 6.89. The highest BCUT2D eigenvalue weighted by atomic mass is 35.5. The summed E-state index contributed by atoms with van der Waals surface area (Å²) < 4.78 is 0. The molecule has 132 valence electrons. The summed E-state index contributed by atoms with van der Waals surface area (Å²) in [6, 6.07) is 6.19. The number of carboxylic acids is 2. The lowest BCUT2D eigenvalue weighted by atomic mass is 9.91. The second-order valence-electron chi connectivity index (χ2n) is 4.88. The van der Waals surface area contributed by atoms with E-state index in [0.717, 1.165) is 0 Å². The highest BCUT2D eigenvalue weighted by Crippen LogP contribution is 2.20. The Morgan fingerprint density at radius 1 is 1.12 bits per heavy atom. The molecule has 0 saturated carbocycles. The molecule has 0 amide bonds. The van der Waals surface area contributed by atoms with Crippen LogP contribution < -0.4 is 0 Å². The van der Waals surface area contributed by atoms with Crippen molar-refractivity contribution in [2.45, 2.75) is 38.7 Å². The number of Topliss-reactive ketones (excluding diaryl/α,β-unsaturated/α-hetero) is 2. The van der Waals surface area contributed by atoms with Gasteiger partial charge in [-0.05, 0) is 18.6 Å². The lowest BCUT2D eigenvalue weighted by Gasteiger charge is -2.20. The molecule has 1 aromatic rings. The maximum Gasteiger partial charge on any atom is 0.372 e. The number of carboxylic acid groups (broad SMARTS) is 2. The molecular weight excluding hydrogens is 340 g/mol. The highest BCUT2D eigenvalue weighted by Gasteiger charge is 2.36. The molecule has 0 heterocycles. The average Bonchev–Trinajstić information content (AvgIpc) is 2.54. The van der Waals surface area contributed by atoms with E-state index < -0.39 is 35.5 Å². The Hall–Kier alpha value is -2.25. The van der Waals surface area contributed by atoms with Crippen LogP contribution in [0.25, 0.3) is 0 Å². The van der Waals surface area contributed by atoms with Crippen molar-refractivity contribution in [1.82, 2.24) is 0 Å². The smallest absolute Gasteiger partial charge is 0.372 e. The van der Waals surface area contributed by atoms with Crippen molar-refractivity contribution in [3.8, 4) is 0 Å². The van der Waals surface area contributed by atoms with E-state index in [9.17, 15) is 24.3 Å². The van der Waals surface area contributed by atoms with E-state index in [-0.39, 0.29) is 12.8 Å². The monoisotopic (exact) mass is 358 g/mol. The summed E-state index contributed by atoms with van der Waals surface area (Å²) in [6.45, 7) is 3.02. The van der Waals surface area contributed by atoms with E-state index in [2.05, 4.69) is 0 Å². The van der Waals surface area contributed by atoms with Gasteiger partial charge in [-0.3, -0.25) is 9.59 Å². The molecule has 0 aromatic heterocycles. The largest absolute Gasteiger partial charge is 0.479 e. The summed E-state index contributed by atoms with van der Waals surface area (Å²) in [7, 11) is 0. The van der Waals surface area contributed by atoms with Gasteiger partial charge in [0, 0.05) is 17.0 Å². The second-order valence-corrected chi connectivity index (χ2v) is 5.32. The van der Waals surface area contributed by atoms with Gasteiger partial charge in [-0.25, -0.2) is 9.59 Å². The Labute approximate surface area is 143 Å². The van der Waals surface area contributed by atoms with E-state index in [0.29, 0.717) is 10.6 Å². The lowest BCUT2D eigenvalue weighted by molar-refractivity contribution is -0.158. The zero-order valence-corrected chi connectivity index (χ0v) is 14.0. The number of aliphatic carboxylic acids is 2. The number of benzene rings is 1. The summed E-state index contributed by atoms with van der Waals surface area (Å²) in [6.07, 6.45) is -0.414. The number of halogens is 1. The zero-order chi connectivity index (χ0) is 18.9. The van der Waals surface area contributed by atoms with E-state index in [4.69, 9.17) is 21.8 Å². The Morgan fingerprint density at radius 3 is 2.04 bits per heavy atom. The van der Waals surface area contributed by atoms with E-state index >= 15 is 0 Å². The number of carbonyl (C=O) groups is 4. The van der Waals surface area contributed by atoms with Crippen LogP contribution in [0.1, 0.15) is 43.5 Å². The predicted molar refractivity (Wildman–Crippen MR) is 86.2 cm³/mol. The third-order valence-electron chi connectivity index (χ3n) is 3.14. The van der Waals surface area contributed by atoms with Crippen LogP contribution in [-0.4, -0.2) is 44.4 Å². The fourth-order valence-electron chi connectivity index (χ4n) is 1.53. The summed E-state index contributed by atoms with van der Waals surface area (Å²) in [5.74, 6) is -3.92. The molecule has 8 heteroatoms. The molecule has 0 saturated heterocycles. The molecule has 1 atom stereocenters. The van der Waals surface area contributed by atoms with Crippen molar-refractivity contribution in [2.75, 3.05) is 0 Å². The SMILES string of the molecule is CCC(=O)C(=O)O.CCC(O)(CC(=O)c1cccc(Cl)c1)C(=O)O. The van der Waals surface area contributed by atoms with Gasteiger partial charge in [-0.15, -0.1) is 0 Å². The Balaban J connectivity index is 0.000000640. The molecule has 3 N–H and O–H groups in total. The van der Waals surface area contributed by atoms with E-state index in [1.165, 1.54) is 26.0 Å². The number of carbonyl (C=O) groups excluding carboxylic acids is 2. The molecule has 0 aliphatic rings. The molecule has 0 bridgehead atoms. The van der Waals surface area contributed by atoms with Crippen LogP contribution in [0.4, 0.5) is 0 Å². The Morgan fingerprint density at radius 2 is 1.71 bits per heavy atom. The van der Waals surface area contributed by atoms with Crippen molar-refractivity contribution in [2.24, 2.45) is 0 Å². The summed E-state index contributed by atoms with van der Waals surface area (Å²) in [5, 5.41) is 26.8. The molecule has 0 radical (unpaired) electrons. The molecule has 0 aliphatic heterocycles. The summed E-state index contributed by atoms with van der Waals surface area (Å²) in [5.41, 5.74) is -1.72. The normalized spacial score (nSPS) is 12.3. The first-order chi connectivity index (χ1) is 11.1. The molecule has 0 spiro atoms. The first-order valence-electron chi connectivity index (χ1n) is 7.08. The number of hydrogen-bond donors (Lipinski definition) is 3. The van der Waals surface area contributed by atoms with Crippen molar-refractivity contribution in [1.29, 1.82) is 0 Å². The van der Waals surface area contributed by atoms with E-state index in [1.807, 2.05) is 0 Å². The van der Waals surface area contributed by atoms with Gasteiger partial charge in [0.25, 0.3) is 0 Å². The summed E-state index contributed by atoms with van der Waals surface area (Å²) in [4.78, 5) is 42.1. The van der Waals surface area contributed by atoms with Gasteiger partial charge >= 0.3 is 11.9 Å². The Kier molecular flexibility index (Phi) is 8.87. The van der Waals surface area contributed by atoms with Crippen LogP contribution in [0.5, 0.6) is 0 Å². The number of rotatable bonds is 7. The minimum absolute atomic E-state index is 0.0331. The minimum atomic E-state index is -2.01. The fraction of sp³-hybridized carbons (Fsp3) is 0.375. The molecule has 1 rings (SSSR count). The van der Waals surface area contributed by atoms with Crippen molar-refractivity contribution < 1.29 is 34.5 Å². The van der Waals surface area contributed by atoms with Crippen LogP contribution in [0.2, 0.25) is 5.02 Å². The van der Waals surface area contributed by atoms with Gasteiger partial charge in [-0.1, -0.05) is 37.6 Å². The van der Waals surface area contributed by atoms with Crippen LogP contribution in [0, 0.1) is 0 Å². The van der Waals surface area contributed by atoms with Crippen LogP contribution in [-0.2, 0) is 14.4 Å². The zero-order valence-electron chi connectivity index (χ0n) is 13.3. The van der Waals surface area contributed by atoms with Gasteiger partial charge in [0.05, 0.1) is 6.42 Å². The molecule has 0 aliphatic carbocycles.